The molecule has 1 N–H and O–H groups in total. The molecule has 6 nitrogen and oxygen atoms in total. The molecule has 0 aliphatic carbocycles. The van der Waals surface area contributed by atoms with Crippen molar-refractivity contribution in [3.63, 3.8) is 0 Å². The molecule has 1 aliphatic rings. The highest BCUT2D eigenvalue weighted by Gasteiger charge is 2.53. The van der Waals surface area contributed by atoms with Gasteiger partial charge in [0.05, 0.1) is 5.75 Å². The molecule has 1 saturated heterocycles. The zero-order valence-corrected chi connectivity index (χ0v) is 15.9. The van der Waals surface area contributed by atoms with Gasteiger partial charge in [0.25, 0.3) is 0 Å². The Morgan fingerprint density at radius 3 is 2.32 bits per heavy atom. The Bertz CT molecular complexity index is 512. The minimum Gasteiger partial charge on any atom is -0.356 e. The summed E-state index contributed by atoms with van der Waals surface area (Å²) in [6.45, 7) is 12.9. The molecule has 0 unspecified atom stereocenters. The van der Waals surface area contributed by atoms with Gasteiger partial charge in [0, 0.05) is 44.7 Å². The van der Waals surface area contributed by atoms with E-state index in [0.717, 1.165) is 18.9 Å². The maximum absolute atomic E-state index is 11.7. The maximum Gasteiger partial charge on any atom is 0.213 e. The number of rotatable bonds is 6. The van der Waals surface area contributed by atoms with Crippen LogP contribution in [0.4, 0.5) is 0 Å². The van der Waals surface area contributed by atoms with Crippen LogP contribution >= 0.6 is 0 Å². The molecule has 22 heavy (non-hydrogen) atoms. The molecule has 1 heterocycles. The number of aliphatic imine (C=N–C) groups is 1. The first-order chi connectivity index (χ1) is 9.99. The summed E-state index contributed by atoms with van der Waals surface area (Å²) in [7, 11) is 0.339. The van der Waals surface area contributed by atoms with Crippen molar-refractivity contribution < 1.29 is 8.42 Å². The van der Waals surface area contributed by atoms with Crippen molar-refractivity contribution in [2.45, 2.75) is 46.6 Å². The van der Waals surface area contributed by atoms with Crippen molar-refractivity contribution in [3.05, 3.63) is 0 Å². The number of hydrogen-bond donors (Lipinski definition) is 1. The van der Waals surface area contributed by atoms with E-state index in [4.69, 9.17) is 0 Å². The average molecular weight is 333 g/mol. The van der Waals surface area contributed by atoms with Gasteiger partial charge in [-0.1, -0.05) is 13.8 Å². The van der Waals surface area contributed by atoms with E-state index < -0.39 is 10.0 Å². The minimum absolute atomic E-state index is 0.0667. The highest BCUT2D eigenvalue weighted by atomic mass is 32.2. The fourth-order valence-corrected chi connectivity index (χ4v) is 3.40. The Labute approximate surface area is 136 Å². The van der Waals surface area contributed by atoms with Crippen LogP contribution in [0, 0.1) is 5.41 Å². The van der Waals surface area contributed by atoms with E-state index in [-0.39, 0.29) is 16.7 Å². The Morgan fingerprint density at radius 2 is 1.91 bits per heavy atom. The molecule has 0 atom stereocenters. The van der Waals surface area contributed by atoms with Gasteiger partial charge in [-0.25, -0.2) is 12.7 Å². The molecule has 130 valence electrons. The third-order valence-electron chi connectivity index (χ3n) is 5.12. The van der Waals surface area contributed by atoms with E-state index in [2.05, 4.69) is 42.9 Å². The topological polar surface area (TPSA) is 65.0 Å². The van der Waals surface area contributed by atoms with Gasteiger partial charge < -0.3 is 10.2 Å². The number of guanidine groups is 1. The second kappa shape index (κ2) is 6.74. The lowest BCUT2D eigenvalue weighted by atomic mass is 9.65. The number of likely N-dealkylation sites (tertiary alicyclic amines) is 1. The molecule has 1 rings (SSSR count). The molecule has 7 heteroatoms. The molecular formula is C15H32N4O2S. The number of sulfonamides is 1. The van der Waals surface area contributed by atoms with Crippen LogP contribution in [-0.4, -0.2) is 68.6 Å². The predicted octanol–water partition coefficient (Wildman–Crippen LogP) is 1.35. The van der Waals surface area contributed by atoms with Gasteiger partial charge in [-0.3, -0.25) is 4.99 Å². The monoisotopic (exact) mass is 332 g/mol. The standard InChI is InChI=1S/C15H32N4O2S/c1-8-22(20,21)18(7)11-9-10-17-13(16-6)19-12-14(2,3)15(19,4)5/h8-12H2,1-7H3,(H,16,17). The normalized spacial score (nSPS) is 20.9. The highest BCUT2D eigenvalue weighted by molar-refractivity contribution is 7.89. The first-order valence-corrected chi connectivity index (χ1v) is 9.53. The molecule has 0 aromatic carbocycles. The van der Waals surface area contributed by atoms with E-state index in [0.29, 0.717) is 13.1 Å². The molecule has 0 aromatic rings. The van der Waals surface area contributed by atoms with Crippen molar-refractivity contribution in [2.24, 2.45) is 10.4 Å². The van der Waals surface area contributed by atoms with Crippen molar-refractivity contribution in [1.29, 1.82) is 0 Å². The Balaban J connectivity index is 2.45. The summed E-state index contributed by atoms with van der Waals surface area (Å²) in [5.74, 6) is 1.04. The largest absolute Gasteiger partial charge is 0.356 e. The van der Waals surface area contributed by atoms with E-state index in [1.165, 1.54) is 4.31 Å². The fraction of sp³-hybridized carbons (Fsp3) is 0.933. The lowest BCUT2D eigenvalue weighted by molar-refractivity contribution is -0.0667. The molecule has 0 radical (unpaired) electrons. The van der Waals surface area contributed by atoms with Crippen LogP contribution in [0.15, 0.2) is 4.99 Å². The zero-order chi connectivity index (χ0) is 17.2. The summed E-state index contributed by atoms with van der Waals surface area (Å²) in [6.07, 6.45) is 0.756. The summed E-state index contributed by atoms with van der Waals surface area (Å²) in [5, 5.41) is 3.34. The van der Waals surface area contributed by atoms with Gasteiger partial charge in [-0.05, 0) is 27.2 Å². The average Bonchev–Trinajstić information content (AvgIpc) is 2.45. The molecule has 1 fully saturated rings. The van der Waals surface area contributed by atoms with Gasteiger partial charge in [-0.15, -0.1) is 0 Å². The van der Waals surface area contributed by atoms with Gasteiger partial charge in [0.2, 0.25) is 10.0 Å². The van der Waals surface area contributed by atoms with E-state index in [9.17, 15) is 8.42 Å². The Hall–Kier alpha value is -0.820. The third kappa shape index (κ3) is 3.74. The number of nitrogens with one attached hydrogen (secondary N) is 1. The van der Waals surface area contributed by atoms with Crippen molar-refractivity contribution in [3.8, 4) is 0 Å². The first kappa shape index (κ1) is 19.2. The summed E-state index contributed by atoms with van der Waals surface area (Å²) >= 11 is 0. The zero-order valence-electron chi connectivity index (χ0n) is 15.1. The summed E-state index contributed by atoms with van der Waals surface area (Å²) in [4.78, 5) is 6.63. The first-order valence-electron chi connectivity index (χ1n) is 7.92. The molecule has 0 saturated carbocycles. The van der Waals surface area contributed by atoms with E-state index in [1.807, 2.05) is 0 Å². The Kier molecular flexibility index (Phi) is 5.89. The van der Waals surface area contributed by atoms with Gasteiger partial charge in [0.1, 0.15) is 0 Å². The van der Waals surface area contributed by atoms with Gasteiger partial charge in [-0.2, -0.15) is 0 Å². The smallest absolute Gasteiger partial charge is 0.213 e. The highest BCUT2D eigenvalue weighted by Crippen LogP contribution is 2.46. The van der Waals surface area contributed by atoms with Crippen LogP contribution in [0.3, 0.4) is 0 Å². The SMILES string of the molecule is CCS(=O)(=O)N(C)CCCNC(=NC)N1CC(C)(C)C1(C)C. The lowest BCUT2D eigenvalue weighted by Gasteiger charge is -2.62. The predicted molar refractivity (Wildman–Crippen MR) is 92.6 cm³/mol. The summed E-state index contributed by atoms with van der Waals surface area (Å²) in [6, 6.07) is 0. The van der Waals surface area contributed by atoms with Crippen LogP contribution in [0.2, 0.25) is 0 Å². The second-order valence-electron chi connectivity index (χ2n) is 7.08. The van der Waals surface area contributed by atoms with E-state index >= 15 is 0 Å². The summed E-state index contributed by atoms with van der Waals surface area (Å²) in [5.41, 5.74) is 0.331. The maximum atomic E-state index is 11.7. The van der Waals surface area contributed by atoms with Crippen LogP contribution in [0.5, 0.6) is 0 Å². The van der Waals surface area contributed by atoms with Crippen LogP contribution in [0.1, 0.15) is 41.0 Å². The van der Waals surface area contributed by atoms with Crippen molar-refractivity contribution >= 4 is 16.0 Å². The fourth-order valence-electron chi connectivity index (χ4n) is 2.56. The summed E-state index contributed by atoms with van der Waals surface area (Å²) < 4.78 is 24.8. The van der Waals surface area contributed by atoms with E-state index in [1.54, 1.807) is 21.0 Å². The lowest BCUT2D eigenvalue weighted by Crippen LogP contribution is -2.72. The third-order valence-corrected chi connectivity index (χ3v) is 6.99. The Morgan fingerprint density at radius 1 is 1.32 bits per heavy atom. The second-order valence-corrected chi connectivity index (χ2v) is 9.44. The number of nitrogens with zero attached hydrogens (tertiary/aromatic N) is 3. The quantitative estimate of drug-likeness (QED) is 0.453. The molecule has 0 spiro atoms. The molecule has 1 aliphatic heterocycles. The molecule has 0 bridgehead atoms. The van der Waals surface area contributed by atoms with Gasteiger partial charge in [0.15, 0.2) is 5.96 Å². The van der Waals surface area contributed by atoms with Crippen LogP contribution in [-0.2, 0) is 10.0 Å². The molecule has 0 amide bonds. The van der Waals surface area contributed by atoms with Crippen LogP contribution in [0.25, 0.3) is 0 Å². The van der Waals surface area contributed by atoms with Crippen LogP contribution < -0.4 is 5.32 Å². The van der Waals surface area contributed by atoms with Gasteiger partial charge >= 0.3 is 0 Å². The van der Waals surface area contributed by atoms with Crippen molar-refractivity contribution in [2.75, 3.05) is 39.5 Å². The molecule has 0 aromatic heterocycles. The minimum atomic E-state index is -3.08. The van der Waals surface area contributed by atoms with Crippen molar-refractivity contribution in [1.82, 2.24) is 14.5 Å². The molecular weight excluding hydrogens is 300 g/mol. The number of hydrogen-bond acceptors (Lipinski definition) is 3.